The average molecular weight is 351 g/mol. The van der Waals surface area contributed by atoms with Gasteiger partial charge in [0.05, 0.1) is 18.3 Å². The second-order valence-corrected chi connectivity index (χ2v) is 6.19. The highest BCUT2D eigenvalue weighted by molar-refractivity contribution is 5.70. The number of benzene rings is 1. The molecule has 0 radical (unpaired) electrons. The van der Waals surface area contributed by atoms with E-state index in [-0.39, 0.29) is 6.42 Å². The van der Waals surface area contributed by atoms with Crippen molar-refractivity contribution < 1.29 is 9.90 Å². The smallest absolute Gasteiger partial charge is 0.307 e. The van der Waals surface area contributed by atoms with Gasteiger partial charge in [0, 0.05) is 25.1 Å². The molecule has 2 aromatic heterocycles. The lowest BCUT2D eigenvalue weighted by atomic mass is 9.99. The quantitative estimate of drug-likeness (QED) is 0.680. The van der Waals surface area contributed by atoms with Crippen LogP contribution in [0.5, 0.6) is 0 Å². The maximum atomic E-state index is 11.0. The number of carbonyl (C=O) groups is 1. The second kappa shape index (κ2) is 7.77. The number of aromatic nitrogens is 4. The fourth-order valence-corrected chi connectivity index (χ4v) is 2.80. The lowest BCUT2D eigenvalue weighted by molar-refractivity contribution is -0.136. The predicted molar refractivity (Wildman–Crippen MR) is 98.4 cm³/mol. The molecule has 0 spiro atoms. The Morgan fingerprint density at radius 1 is 1.19 bits per heavy atom. The molecule has 0 aliphatic rings. The normalized spacial score (nSPS) is 10.7. The molecule has 3 rings (SSSR count). The molecule has 134 valence electrons. The van der Waals surface area contributed by atoms with Crippen molar-refractivity contribution in [2.45, 2.75) is 26.2 Å². The van der Waals surface area contributed by atoms with E-state index in [4.69, 9.17) is 5.11 Å². The van der Waals surface area contributed by atoms with Crippen molar-refractivity contribution >= 4 is 17.6 Å². The van der Waals surface area contributed by atoms with Gasteiger partial charge in [0.25, 0.3) is 0 Å². The molecule has 0 fully saturated rings. The van der Waals surface area contributed by atoms with Crippen molar-refractivity contribution in [2.24, 2.45) is 7.05 Å². The zero-order valence-corrected chi connectivity index (χ0v) is 14.8. The molecule has 0 aliphatic carbocycles. The van der Waals surface area contributed by atoms with Gasteiger partial charge in [0.2, 0.25) is 5.95 Å². The monoisotopic (exact) mass is 351 g/mol. The SMILES string of the molecule is Cc1cnc(Nc2cnn(C)c2)nc1CCc1ccccc1CC(=O)O. The Morgan fingerprint density at radius 2 is 1.96 bits per heavy atom. The average Bonchev–Trinajstić information content (AvgIpc) is 3.01. The first-order chi connectivity index (χ1) is 12.5. The Morgan fingerprint density at radius 3 is 2.65 bits per heavy atom. The number of nitrogens with zero attached hydrogens (tertiary/aromatic N) is 4. The Balaban J connectivity index is 1.74. The van der Waals surface area contributed by atoms with Crippen LogP contribution < -0.4 is 5.32 Å². The highest BCUT2D eigenvalue weighted by Crippen LogP contribution is 2.17. The minimum atomic E-state index is -0.821. The molecule has 0 unspecified atom stereocenters. The number of hydrogen-bond acceptors (Lipinski definition) is 5. The summed E-state index contributed by atoms with van der Waals surface area (Å²) < 4.78 is 1.71. The maximum absolute atomic E-state index is 11.0. The van der Waals surface area contributed by atoms with Crippen LogP contribution in [0.15, 0.2) is 42.9 Å². The maximum Gasteiger partial charge on any atom is 0.307 e. The third kappa shape index (κ3) is 4.44. The number of carboxylic acids is 1. The van der Waals surface area contributed by atoms with E-state index in [1.807, 2.05) is 44.4 Å². The number of rotatable bonds is 7. The molecule has 2 N–H and O–H groups in total. The van der Waals surface area contributed by atoms with Crippen LogP contribution in [0.4, 0.5) is 11.6 Å². The predicted octanol–water partition coefficient (Wildman–Crippen LogP) is 2.67. The molecular weight excluding hydrogens is 330 g/mol. The standard InChI is InChI=1S/C19H21N5O2/c1-13-10-20-19(22-16-11-21-24(2)12-16)23-17(13)8-7-14-5-3-4-6-15(14)9-18(25)26/h3-6,10-12H,7-9H2,1-2H3,(H,25,26)(H,20,22,23). The first-order valence-corrected chi connectivity index (χ1v) is 8.38. The molecule has 0 bridgehead atoms. The van der Waals surface area contributed by atoms with E-state index >= 15 is 0 Å². The molecule has 7 nitrogen and oxygen atoms in total. The van der Waals surface area contributed by atoms with Crippen LogP contribution in [0.3, 0.4) is 0 Å². The van der Waals surface area contributed by atoms with Gasteiger partial charge in [0.15, 0.2) is 0 Å². The molecular formula is C19H21N5O2. The Kier molecular flexibility index (Phi) is 5.26. The molecule has 1 aromatic carbocycles. The van der Waals surface area contributed by atoms with Crippen LogP contribution in [-0.4, -0.2) is 30.8 Å². The van der Waals surface area contributed by atoms with E-state index in [9.17, 15) is 4.79 Å². The zero-order chi connectivity index (χ0) is 18.5. The van der Waals surface area contributed by atoms with E-state index in [0.717, 1.165) is 34.5 Å². The summed E-state index contributed by atoms with van der Waals surface area (Å²) in [5.41, 5.74) is 4.66. The highest BCUT2D eigenvalue weighted by Gasteiger charge is 2.09. The molecule has 0 atom stereocenters. The zero-order valence-electron chi connectivity index (χ0n) is 14.8. The van der Waals surface area contributed by atoms with Crippen LogP contribution in [-0.2, 0) is 31.1 Å². The number of aliphatic carboxylic acids is 1. The lowest BCUT2D eigenvalue weighted by Crippen LogP contribution is -2.07. The van der Waals surface area contributed by atoms with E-state index < -0.39 is 5.97 Å². The van der Waals surface area contributed by atoms with Crippen molar-refractivity contribution in [3.8, 4) is 0 Å². The summed E-state index contributed by atoms with van der Waals surface area (Å²) in [6, 6.07) is 7.64. The van der Waals surface area contributed by atoms with Crippen molar-refractivity contribution in [3.05, 3.63) is 65.2 Å². The Labute approximate surface area is 151 Å². The fourth-order valence-electron chi connectivity index (χ4n) is 2.80. The van der Waals surface area contributed by atoms with Crippen molar-refractivity contribution in [1.82, 2.24) is 19.7 Å². The number of anilines is 2. The topological polar surface area (TPSA) is 92.9 Å². The van der Waals surface area contributed by atoms with Crippen LogP contribution in [0.25, 0.3) is 0 Å². The molecule has 3 aromatic rings. The Hall–Kier alpha value is -3.22. The fraction of sp³-hybridized carbons (Fsp3) is 0.263. The van der Waals surface area contributed by atoms with Gasteiger partial charge in [-0.15, -0.1) is 0 Å². The van der Waals surface area contributed by atoms with E-state index in [0.29, 0.717) is 12.4 Å². The van der Waals surface area contributed by atoms with Crippen molar-refractivity contribution in [2.75, 3.05) is 5.32 Å². The number of aryl methyl sites for hydroxylation is 4. The van der Waals surface area contributed by atoms with Gasteiger partial charge in [-0.3, -0.25) is 9.48 Å². The molecule has 7 heteroatoms. The molecule has 2 heterocycles. The lowest BCUT2D eigenvalue weighted by Gasteiger charge is -2.10. The molecule has 0 aliphatic heterocycles. The first-order valence-electron chi connectivity index (χ1n) is 8.38. The summed E-state index contributed by atoms with van der Waals surface area (Å²) in [5.74, 6) is -0.295. The number of carboxylic acid groups (broad SMARTS) is 1. The summed E-state index contributed by atoms with van der Waals surface area (Å²) in [6.07, 6.45) is 6.84. The minimum Gasteiger partial charge on any atom is -0.481 e. The molecule has 26 heavy (non-hydrogen) atoms. The van der Waals surface area contributed by atoms with Crippen LogP contribution >= 0.6 is 0 Å². The van der Waals surface area contributed by atoms with Gasteiger partial charge in [-0.2, -0.15) is 5.10 Å². The van der Waals surface area contributed by atoms with Crippen molar-refractivity contribution in [3.63, 3.8) is 0 Å². The Bertz CT molecular complexity index is 920. The number of hydrogen-bond donors (Lipinski definition) is 2. The van der Waals surface area contributed by atoms with E-state index in [1.54, 1.807) is 17.1 Å². The summed E-state index contributed by atoms with van der Waals surface area (Å²) >= 11 is 0. The van der Waals surface area contributed by atoms with Gasteiger partial charge >= 0.3 is 5.97 Å². The summed E-state index contributed by atoms with van der Waals surface area (Å²) in [5, 5.41) is 16.3. The van der Waals surface area contributed by atoms with E-state index in [2.05, 4.69) is 20.4 Å². The minimum absolute atomic E-state index is 0.0345. The highest BCUT2D eigenvalue weighted by atomic mass is 16.4. The van der Waals surface area contributed by atoms with Gasteiger partial charge in [-0.25, -0.2) is 9.97 Å². The van der Waals surface area contributed by atoms with E-state index in [1.165, 1.54) is 0 Å². The molecule has 0 saturated carbocycles. The summed E-state index contributed by atoms with van der Waals surface area (Å²) in [4.78, 5) is 20.0. The number of nitrogens with one attached hydrogen (secondary N) is 1. The largest absolute Gasteiger partial charge is 0.481 e. The van der Waals surface area contributed by atoms with Gasteiger partial charge < -0.3 is 10.4 Å². The summed E-state index contributed by atoms with van der Waals surface area (Å²) in [6.45, 7) is 1.98. The third-order valence-electron chi connectivity index (χ3n) is 4.13. The van der Waals surface area contributed by atoms with Gasteiger partial charge in [-0.1, -0.05) is 24.3 Å². The summed E-state index contributed by atoms with van der Waals surface area (Å²) in [7, 11) is 1.85. The van der Waals surface area contributed by atoms with Crippen LogP contribution in [0.2, 0.25) is 0 Å². The van der Waals surface area contributed by atoms with Gasteiger partial charge in [-0.05, 0) is 36.5 Å². The third-order valence-corrected chi connectivity index (χ3v) is 4.13. The van der Waals surface area contributed by atoms with Gasteiger partial charge in [0.1, 0.15) is 0 Å². The second-order valence-electron chi connectivity index (χ2n) is 6.19. The van der Waals surface area contributed by atoms with Crippen molar-refractivity contribution in [1.29, 1.82) is 0 Å². The van der Waals surface area contributed by atoms with Crippen LogP contribution in [0, 0.1) is 6.92 Å². The van der Waals surface area contributed by atoms with Crippen LogP contribution in [0.1, 0.15) is 22.4 Å². The first kappa shape index (κ1) is 17.6. The molecule has 0 saturated heterocycles. The molecule has 0 amide bonds.